The topological polar surface area (TPSA) is 59.0 Å². The highest BCUT2D eigenvalue weighted by Crippen LogP contribution is 2.19. The number of anilines is 1. The molecule has 6 heteroatoms. The predicted molar refractivity (Wildman–Crippen MR) is 82.2 cm³/mol. The Kier molecular flexibility index (Phi) is 4.22. The quantitative estimate of drug-likeness (QED) is 0.862. The molecule has 0 saturated heterocycles. The van der Waals surface area contributed by atoms with E-state index in [2.05, 4.69) is 15.6 Å². The molecule has 1 saturated carbocycles. The molecule has 0 radical (unpaired) electrons. The van der Waals surface area contributed by atoms with Crippen LogP contribution in [0.15, 0.2) is 36.7 Å². The molecule has 1 fully saturated rings. The Morgan fingerprint density at radius 2 is 2.10 bits per heavy atom. The fourth-order valence-corrected chi connectivity index (χ4v) is 2.19. The van der Waals surface area contributed by atoms with Crippen molar-refractivity contribution in [1.82, 2.24) is 14.9 Å². The maximum absolute atomic E-state index is 12.1. The average Bonchev–Trinajstić information content (AvgIpc) is 3.20. The summed E-state index contributed by atoms with van der Waals surface area (Å²) in [4.78, 5) is 16.3. The van der Waals surface area contributed by atoms with Gasteiger partial charge in [0, 0.05) is 29.1 Å². The van der Waals surface area contributed by atoms with Crippen molar-refractivity contribution < 1.29 is 4.79 Å². The van der Waals surface area contributed by atoms with E-state index in [9.17, 15) is 4.79 Å². The molecule has 3 rings (SSSR count). The molecule has 2 N–H and O–H groups in total. The number of benzene rings is 1. The van der Waals surface area contributed by atoms with Gasteiger partial charge >= 0.3 is 0 Å². The number of imidazole rings is 1. The average molecular weight is 305 g/mol. The van der Waals surface area contributed by atoms with Gasteiger partial charge in [-0.2, -0.15) is 0 Å². The second-order valence-electron chi connectivity index (χ2n) is 5.18. The fraction of sp³-hybridized carbons (Fsp3) is 0.333. The largest absolute Gasteiger partial charge is 0.325 e. The van der Waals surface area contributed by atoms with Crippen LogP contribution in [-0.4, -0.2) is 21.5 Å². The number of amides is 1. The zero-order chi connectivity index (χ0) is 14.7. The third kappa shape index (κ3) is 4.06. The molecular formula is C15H17ClN4O. The molecule has 1 heterocycles. The van der Waals surface area contributed by atoms with Gasteiger partial charge in [-0.05, 0) is 37.1 Å². The van der Waals surface area contributed by atoms with Crippen molar-refractivity contribution >= 4 is 23.2 Å². The molecule has 1 aromatic heterocycles. The maximum atomic E-state index is 12.1. The van der Waals surface area contributed by atoms with Gasteiger partial charge in [0.05, 0.1) is 6.54 Å². The first-order valence-electron chi connectivity index (χ1n) is 6.99. The van der Waals surface area contributed by atoms with E-state index in [-0.39, 0.29) is 12.5 Å². The standard InChI is InChI=1S/C15H17ClN4O/c16-11-1-3-13(4-2-11)19-15(21)10-20-8-7-17-14(20)9-18-12-5-6-12/h1-4,7-8,12,18H,5-6,9-10H2,(H,19,21). The zero-order valence-corrected chi connectivity index (χ0v) is 12.3. The minimum Gasteiger partial charge on any atom is -0.325 e. The molecule has 2 aromatic rings. The molecule has 21 heavy (non-hydrogen) atoms. The number of nitrogens with zero attached hydrogens (tertiary/aromatic N) is 2. The number of carbonyl (C=O) groups is 1. The highest BCUT2D eigenvalue weighted by Gasteiger charge is 2.21. The van der Waals surface area contributed by atoms with Crippen LogP contribution in [0.5, 0.6) is 0 Å². The first kappa shape index (κ1) is 14.1. The van der Waals surface area contributed by atoms with E-state index < -0.39 is 0 Å². The van der Waals surface area contributed by atoms with Crippen LogP contribution in [0.2, 0.25) is 5.02 Å². The Balaban J connectivity index is 1.56. The van der Waals surface area contributed by atoms with Gasteiger partial charge in [-0.15, -0.1) is 0 Å². The number of rotatable bonds is 6. The third-order valence-electron chi connectivity index (χ3n) is 3.37. The molecule has 0 unspecified atom stereocenters. The summed E-state index contributed by atoms with van der Waals surface area (Å²) < 4.78 is 1.86. The predicted octanol–water partition coefficient (Wildman–Crippen LogP) is 2.43. The second kappa shape index (κ2) is 6.28. The van der Waals surface area contributed by atoms with Gasteiger partial charge in [-0.1, -0.05) is 11.6 Å². The van der Waals surface area contributed by atoms with E-state index in [0.717, 1.165) is 11.5 Å². The van der Waals surface area contributed by atoms with Crippen LogP contribution in [0.4, 0.5) is 5.69 Å². The minimum atomic E-state index is -0.0806. The molecular weight excluding hydrogens is 288 g/mol. The van der Waals surface area contributed by atoms with Crippen LogP contribution in [0, 0.1) is 0 Å². The van der Waals surface area contributed by atoms with Crippen LogP contribution in [0.1, 0.15) is 18.7 Å². The summed E-state index contributed by atoms with van der Waals surface area (Å²) in [7, 11) is 0. The van der Waals surface area contributed by atoms with Crippen LogP contribution >= 0.6 is 11.6 Å². The number of aromatic nitrogens is 2. The van der Waals surface area contributed by atoms with E-state index >= 15 is 0 Å². The highest BCUT2D eigenvalue weighted by atomic mass is 35.5. The lowest BCUT2D eigenvalue weighted by Crippen LogP contribution is -2.23. The molecule has 5 nitrogen and oxygen atoms in total. The van der Waals surface area contributed by atoms with Crippen molar-refractivity contribution in [3.8, 4) is 0 Å². The van der Waals surface area contributed by atoms with Gasteiger partial charge in [0.15, 0.2) is 0 Å². The summed E-state index contributed by atoms with van der Waals surface area (Å²) in [6, 6.07) is 7.68. The van der Waals surface area contributed by atoms with Crippen molar-refractivity contribution in [3.63, 3.8) is 0 Å². The lowest BCUT2D eigenvalue weighted by Gasteiger charge is -2.09. The number of hydrogen-bond acceptors (Lipinski definition) is 3. The summed E-state index contributed by atoms with van der Waals surface area (Å²) in [6.07, 6.45) is 6.01. The molecule has 110 valence electrons. The van der Waals surface area contributed by atoms with E-state index in [1.807, 2.05) is 10.8 Å². The van der Waals surface area contributed by atoms with E-state index in [1.54, 1.807) is 30.5 Å². The van der Waals surface area contributed by atoms with Crippen molar-refractivity contribution in [2.24, 2.45) is 0 Å². The Morgan fingerprint density at radius 3 is 2.81 bits per heavy atom. The summed E-state index contributed by atoms with van der Waals surface area (Å²) in [5.74, 6) is 0.802. The minimum absolute atomic E-state index is 0.0806. The van der Waals surface area contributed by atoms with E-state index in [4.69, 9.17) is 11.6 Å². The highest BCUT2D eigenvalue weighted by molar-refractivity contribution is 6.30. The van der Waals surface area contributed by atoms with Gasteiger partial charge in [0.2, 0.25) is 5.91 Å². The summed E-state index contributed by atoms with van der Waals surface area (Å²) in [5.41, 5.74) is 0.738. The summed E-state index contributed by atoms with van der Waals surface area (Å²) >= 11 is 5.82. The Bertz CT molecular complexity index is 619. The maximum Gasteiger partial charge on any atom is 0.244 e. The fourth-order valence-electron chi connectivity index (χ4n) is 2.06. The monoisotopic (exact) mass is 304 g/mol. The van der Waals surface area contributed by atoms with E-state index in [1.165, 1.54) is 12.8 Å². The van der Waals surface area contributed by atoms with Crippen LogP contribution in [0.3, 0.4) is 0 Å². The van der Waals surface area contributed by atoms with Gasteiger partial charge in [-0.3, -0.25) is 4.79 Å². The smallest absolute Gasteiger partial charge is 0.244 e. The molecule has 0 aliphatic heterocycles. The summed E-state index contributed by atoms with van der Waals surface area (Å²) in [5, 5.41) is 6.89. The first-order valence-corrected chi connectivity index (χ1v) is 7.37. The summed E-state index contributed by atoms with van der Waals surface area (Å²) in [6.45, 7) is 0.955. The van der Waals surface area contributed by atoms with Crippen molar-refractivity contribution in [3.05, 3.63) is 47.5 Å². The zero-order valence-electron chi connectivity index (χ0n) is 11.6. The Hall–Kier alpha value is -1.85. The van der Waals surface area contributed by atoms with Crippen LogP contribution in [0.25, 0.3) is 0 Å². The van der Waals surface area contributed by atoms with Crippen LogP contribution < -0.4 is 10.6 Å². The van der Waals surface area contributed by atoms with Crippen molar-refractivity contribution in [2.75, 3.05) is 5.32 Å². The van der Waals surface area contributed by atoms with Crippen molar-refractivity contribution in [1.29, 1.82) is 0 Å². The lowest BCUT2D eigenvalue weighted by molar-refractivity contribution is -0.116. The van der Waals surface area contributed by atoms with Crippen LogP contribution in [-0.2, 0) is 17.9 Å². The van der Waals surface area contributed by atoms with Gasteiger partial charge in [0.25, 0.3) is 0 Å². The molecule has 0 spiro atoms. The van der Waals surface area contributed by atoms with Gasteiger partial charge in [-0.25, -0.2) is 4.98 Å². The molecule has 0 atom stereocenters. The molecule has 1 aromatic carbocycles. The normalized spacial score (nSPS) is 14.1. The first-order chi connectivity index (χ1) is 10.2. The molecule has 0 bridgehead atoms. The van der Waals surface area contributed by atoms with Gasteiger partial charge in [0.1, 0.15) is 12.4 Å². The Morgan fingerprint density at radius 1 is 1.33 bits per heavy atom. The molecule has 1 aliphatic carbocycles. The molecule has 1 amide bonds. The second-order valence-corrected chi connectivity index (χ2v) is 5.62. The van der Waals surface area contributed by atoms with Gasteiger partial charge < -0.3 is 15.2 Å². The molecule has 1 aliphatic rings. The lowest BCUT2D eigenvalue weighted by atomic mass is 10.3. The number of carbonyl (C=O) groups excluding carboxylic acids is 1. The number of halogens is 1. The number of hydrogen-bond donors (Lipinski definition) is 2. The third-order valence-corrected chi connectivity index (χ3v) is 3.62. The Labute approximate surface area is 128 Å². The number of nitrogens with one attached hydrogen (secondary N) is 2. The van der Waals surface area contributed by atoms with Crippen molar-refractivity contribution in [2.45, 2.75) is 32.0 Å². The van der Waals surface area contributed by atoms with E-state index in [0.29, 0.717) is 17.6 Å². The SMILES string of the molecule is O=C(Cn1ccnc1CNC1CC1)Nc1ccc(Cl)cc1.